The number of hydrogen-bond donors (Lipinski definition) is 0. The van der Waals surface area contributed by atoms with Crippen LogP contribution in [0.5, 0.6) is 0 Å². The van der Waals surface area contributed by atoms with Crippen molar-refractivity contribution in [1.82, 2.24) is 0 Å². The fourth-order valence-electron chi connectivity index (χ4n) is 3.29. The Bertz CT molecular complexity index is 868. The molecular weight excluding hydrogens is 288 g/mol. The zero-order chi connectivity index (χ0) is 17.1. The van der Waals surface area contributed by atoms with Crippen LogP contribution >= 0.6 is 0 Å². The van der Waals surface area contributed by atoms with E-state index in [4.69, 9.17) is 0 Å². The summed E-state index contributed by atoms with van der Waals surface area (Å²) in [6, 6.07) is 25.9. The molecule has 0 fully saturated rings. The van der Waals surface area contributed by atoms with Crippen molar-refractivity contribution in [1.29, 1.82) is 0 Å². The van der Waals surface area contributed by atoms with E-state index in [0.29, 0.717) is 5.92 Å². The fourth-order valence-corrected chi connectivity index (χ4v) is 3.29. The summed E-state index contributed by atoms with van der Waals surface area (Å²) in [6.45, 7) is 10.7. The minimum Gasteiger partial charge on any atom is -0.0955 e. The Balaban J connectivity index is 2.27. The van der Waals surface area contributed by atoms with Gasteiger partial charge < -0.3 is 0 Å². The molecule has 0 radical (unpaired) electrons. The highest BCUT2D eigenvalue weighted by Gasteiger charge is 2.14. The Hall–Kier alpha value is -2.60. The van der Waals surface area contributed by atoms with Crippen molar-refractivity contribution in [3.8, 4) is 22.3 Å². The van der Waals surface area contributed by atoms with Gasteiger partial charge in [-0.3, -0.25) is 0 Å². The quantitative estimate of drug-likeness (QED) is 0.478. The molecule has 0 aromatic heterocycles. The van der Waals surface area contributed by atoms with Crippen molar-refractivity contribution in [3.05, 3.63) is 90.5 Å². The number of hydrogen-bond acceptors (Lipinski definition) is 0. The molecular formula is C24H24. The molecule has 3 aromatic carbocycles. The van der Waals surface area contributed by atoms with E-state index in [-0.39, 0.29) is 0 Å². The van der Waals surface area contributed by atoms with E-state index < -0.39 is 0 Å². The average Bonchev–Trinajstić information content (AvgIpc) is 2.61. The van der Waals surface area contributed by atoms with E-state index in [9.17, 15) is 0 Å². The molecule has 0 atom stereocenters. The van der Waals surface area contributed by atoms with Crippen LogP contribution in [0.2, 0.25) is 0 Å². The number of allylic oxidation sites excluding steroid dienone is 1. The van der Waals surface area contributed by atoms with Gasteiger partial charge in [0, 0.05) is 0 Å². The largest absolute Gasteiger partial charge is 0.0955 e. The standard InChI is InChI=1S/C24H24/c1-17(2)19-11-5-7-13-21(19)23-15-9-10-16-24(23)22-14-8-6-12-20(22)18(3)4/h5-16,18H,1H2,2-4H3. The van der Waals surface area contributed by atoms with Crippen LogP contribution in [0.15, 0.2) is 79.4 Å². The fraction of sp³-hybridized carbons (Fsp3) is 0.167. The maximum atomic E-state index is 4.16. The third kappa shape index (κ3) is 3.05. The van der Waals surface area contributed by atoms with Gasteiger partial charge in [0.2, 0.25) is 0 Å². The predicted octanol–water partition coefficient (Wildman–Crippen LogP) is 7.18. The lowest BCUT2D eigenvalue weighted by molar-refractivity contribution is 0.869. The second-order valence-electron chi connectivity index (χ2n) is 6.61. The summed E-state index contributed by atoms with van der Waals surface area (Å²) in [5.74, 6) is 0.491. The summed E-state index contributed by atoms with van der Waals surface area (Å²) >= 11 is 0. The van der Waals surface area contributed by atoms with E-state index in [1.165, 1.54) is 33.4 Å². The molecule has 0 aliphatic rings. The van der Waals surface area contributed by atoms with Gasteiger partial charge in [0.25, 0.3) is 0 Å². The first-order valence-electron chi connectivity index (χ1n) is 8.53. The first-order chi connectivity index (χ1) is 11.6. The minimum atomic E-state index is 0.491. The second-order valence-corrected chi connectivity index (χ2v) is 6.61. The highest BCUT2D eigenvalue weighted by atomic mass is 14.2. The highest BCUT2D eigenvalue weighted by Crippen LogP contribution is 2.38. The highest BCUT2D eigenvalue weighted by molar-refractivity contribution is 5.90. The molecule has 3 rings (SSSR count). The topological polar surface area (TPSA) is 0 Å². The Morgan fingerprint density at radius 3 is 1.71 bits per heavy atom. The lowest BCUT2D eigenvalue weighted by atomic mass is 9.86. The summed E-state index contributed by atoms with van der Waals surface area (Å²) in [7, 11) is 0. The van der Waals surface area contributed by atoms with Gasteiger partial charge in [-0.15, -0.1) is 0 Å². The molecule has 120 valence electrons. The second kappa shape index (κ2) is 6.88. The molecule has 0 heterocycles. The SMILES string of the molecule is C=C(C)c1ccccc1-c1ccccc1-c1ccccc1C(C)C. The van der Waals surface area contributed by atoms with Crippen molar-refractivity contribution in [3.63, 3.8) is 0 Å². The monoisotopic (exact) mass is 312 g/mol. The van der Waals surface area contributed by atoms with Crippen molar-refractivity contribution < 1.29 is 0 Å². The van der Waals surface area contributed by atoms with Crippen molar-refractivity contribution in [2.45, 2.75) is 26.7 Å². The minimum absolute atomic E-state index is 0.491. The lowest BCUT2D eigenvalue weighted by Crippen LogP contribution is -1.95. The molecule has 0 unspecified atom stereocenters. The Kier molecular flexibility index (Phi) is 4.66. The van der Waals surface area contributed by atoms with Crippen LogP contribution in [0.3, 0.4) is 0 Å². The first kappa shape index (κ1) is 16.3. The third-order valence-corrected chi connectivity index (χ3v) is 4.48. The van der Waals surface area contributed by atoms with E-state index >= 15 is 0 Å². The zero-order valence-electron chi connectivity index (χ0n) is 14.7. The van der Waals surface area contributed by atoms with E-state index in [2.05, 4.69) is 100 Å². The van der Waals surface area contributed by atoms with Gasteiger partial charge in [0.05, 0.1) is 0 Å². The molecule has 0 amide bonds. The normalized spacial score (nSPS) is 10.8. The summed E-state index contributed by atoms with van der Waals surface area (Å²) in [4.78, 5) is 0. The molecule has 0 aliphatic carbocycles. The Labute approximate surface area is 145 Å². The molecule has 0 heteroatoms. The lowest BCUT2D eigenvalue weighted by Gasteiger charge is -2.18. The van der Waals surface area contributed by atoms with Crippen LogP contribution in [0.4, 0.5) is 0 Å². The van der Waals surface area contributed by atoms with Crippen LogP contribution < -0.4 is 0 Å². The molecule has 0 spiro atoms. The molecule has 0 aliphatic heterocycles. The van der Waals surface area contributed by atoms with E-state index in [1.807, 2.05) is 0 Å². The number of rotatable bonds is 4. The molecule has 0 bridgehead atoms. The third-order valence-electron chi connectivity index (χ3n) is 4.48. The van der Waals surface area contributed by atoms with E-state index in [0.717, 1.165) is 5.57 Å². The Morgan fingerprint density at radius 1 is 0.667 bits per heavy atom. The molecule has 24 heavy (non-hydrogen) atoms. The van der Waals surface area contributed by atoms with Crippen molar-refractivity contribution >= 4 is 5.57 Å². The summed E-state index contributed by atoms with van der Waals surface area (Å²) in [6.07, 6.45) is 0. The van der Waals surface area contributed by atoms with Crippen LogP contribution in [-0.2, 0) is 0 Å². The maximum Gasteiger partial charge on any atom is -0.00992 e. The predicted molar refractivity (Wildman–Crippen MR) is 106 cm³/mol. The van der Waals surface area contributed by atoms with Crippen molar-refractivity contribution in [2.24, 2.45) is 0 Å². The average molecular weight is 312 g/mol. The van der Waals surface area contributed by atoms with Crippen LogP contribution in [-0.4, -0.2) is 0 Å². The summed E-state index contributed by atoms with van der Waals surface area (Å²) < 4.78 is 0. The van der Waals surface area contributed by atoms with E-state index in [1.54, 1.807) is 0 Å². The van der Waals surface area contributed by atoms with Crippen LogP contribution in [0.1, 0.15) is 37.8 Å². The van der Waals surface area contributed by atoms with Crippen LogP contribution in [0, 0.1) is 0 Å². The van der Waals surface area contributed by atoms with Crippen LogP contribution in [0.25, 0.3) is 27.8 Å². The molecule has 0 nitrogen and oxygen atoms in total. The maximum absolute atomic E-state index is 4.16. The zero-order valence-corrected chi connectivity index (χ0v) is 14.7. The summed E-state index contributed by atoms with van der Waals surface area (Å²) in [5.41, 5.74) is 8.82. The van der Waals surface area contributed by atoms with Gasteiger partial charge in [-0.1, -0.05) is 98.8 Å². The molecule has 0 saturated heterocycles. The molecule has 0 N–H and O–H groups in total. The first-order valence-corrected chi connectivity index (χ1v) is 8.53. The van der Waals surface area contributed by atoms with Gasteiger partial charge in [0.1, 0.15) is 0 Å². The summed E-state index contributed by atoms with van der Waals surface area (Å²) in [5, 5.41) is 0. The number of benzene rings is 3. The smallest absolute Gasteiger partial charge is 0.00992 e. The van der Waals surface area contributed by atoms with Gasteiger partial charge >= 0.3 is 0 Å². The van der Waals surface area contributed by atoms with Crippen molar-refractivity contribution in [2.75, 3.05) is 0 Å². The Morgan fingerprint density at radius 2 is 1.12 bits per heavy atom. The van der Waals surface area contributed by atoms with Gasteiger partial charge in [-0.25, -0.2) is 0 Å². The van der Waals surface area contributed by atoms with Gasteiger partial charge in [0.15, 0.2) is 0 Å². The van der Waals surface area contributed by atoms with Gasteiger partial charge in [-0.2, -0.15) is 0 Å². The molecule has 0 saturated carbocycles. The van der Waals surface area contributed by atoms with Gasteiger partial charge in [-0.05, 0) is 46.2 Å². The molecule has 3 aromatic rings.